The van der Waals surface area contributed by atoms with Crippen molar-refractivity contribution >= 4 is 26.9 Å². The molecule has 0 N–H and O–H groups in total. The van der Waals surface area contributed by atoms with E-state index in [1.807, 2.05) is 26.8 Å². The van der Waals surface area contributed by atoms with Gasteiger partial charge in [0.25, 0.3) is 0 Å². The number of nitrogens with zero attached hydrogens (tertiary/aromatic N) is 3. The molecule has 2 aliphatic rings. The predicted molar refractivity (Wildman–Crippen MR) is 115 cm³/mol. The number of aromatic nitrogens is 1. The highest BCUT2D eigenvalue weighted by Gasteiger charge is 2.42. The van der Waals surface area contributed by atoms with Crippen LogP contribution in [0.4, 0.5) is 4.79 Å². The van der Waals surface area contributed by atoms with Crippen LogP contribution in [0.2, 0.25) is 0 Å². The Morgan fingerprint density at radius 1 is 1.13 bits per heavy atom. The number of carbonyl (C=O) groups excluding carboxylic acids is 1. The van der Waals surface area contributed by atoms with Crippen LogP contribution >= 0.6 is 0 Å². The van der Waals surface area contributed by atoms with Gasteiger partial charge in [0.1, 0.15) is 5.60 Å². The van der Waals surface area contributed by atoms with Gasteiger partial charge in [0.2, 0.25) is 10.0 Å². The van der Waals surface area contributed by atoms with E-state index >= 15 is 0 Å². The molecule has 7 nitrogen and oxygen atoms in total. The second-order valence-corrected chi connectivity index (χ2v) is 11.2. The molecule has 2 fully saturated rings. The number of likely N-dealkylation sites (tertiary alicyclic amines) is 1. The van der Waals surface area contributed by atoms with E-state index in [9.17, 15) is 13.2 Å². The Hall–Kier alpha value is -2.19. The number of carbonyl (C=O) groups is 1. The lowest BCUT2D eigenvalue weighted by atomic mass is 9.93. The molecule has 0 radical (unpaired) electrons. The van der Waals surface area contributed by atoms with Gasteiger partial charge in [-0.1, -0.05) is 12.1 Å². The lowest BCUT2D eigenvalue weighted by molar-refractivity contribution is 0.0233. The fourth-order valence-electron chi connectivity index (χ4n) is 4.49. The van der Waals surface area contributed by atoms with Gasteiger partial charge in [-0.25, -0.2) is 13.2 Å². The highest BCUT2D eigenvalue weighted by molar-refractivity contribution is 7.89. The zero-order valence-corrected chi connectivity index (χ0v) is 18.6. The molecule has 2 unspecified atom stereocenters. The summed E-state index contributed by atoms with van der Waals surface area (Å²) in [5.74, 6) is 0.371. The third-order valence-electron chi connectivity index (χ3n) is 5.91. The second-order valence-electron chi connectivity index (χ2n) is 9.26. The van der Waals surface area contributed by atoms with Crippen LogP contribution in [0.1, 0.15) is 33.6 Å². The summed E-state index contributed by atoms with van der Waals surface area (Å²) in [6.45, 7) is 7.68. The Labute approximate surface area is 178 Å². The molecule has 1 aromatic carbocycles. The molecule has 2 saturated heterocycles. The maximum Gasteiger partial charge on any atom is 0.410 e. The Bertz CT molecular complexity index is 1040. The quantitative estimate of drug-likeness (QED) is 0.727. The van der Waals surface area contributed by atoms with E-state index < -0.39 is 15.6 Å². The van der Waals surface area contributed by atoms with Crippen molar-refractivity contribution in [2.24, 2.45) is 11.8 Å². The van der Waals surface area contributed by atoms with E-state index in [1.54, 1.807) is 39.8 Å². The SMILES string of the molecule is CC(C)(C)OC(=O)N1CCCC2CN(S(=O)(=O)c3cccc4cnccc34)CC2C1. The zero-order valence-electron chi connectivity index (χ0n) is 17.7. The van der Waals surface area contributed by atoms with Gasteiger partial charge >= 0.3 is 6.09 Å². The molecule has 0 saturated carbocycles. The fourth-order valence-corrected chi connectivity index (χ4v) is 6.26. The van der Waals surface area contributed by atoms with Crippen LogP contribution in [0, 0.1) is 11.8 Å². The van der Waals surface area contributed by atoms with Crippen LogP contribution in [-0.4, -0.2) is 60.5 Å². The van der Waals surface area contributed by atoms with E-state index in [4.69, 9.17) is 4.74 Å². The Morgan fingerprint density at radius 2 is 1.90 bits per heavy atom. The summed E-state index contributed by atoms with van der Waals surface area (Å²) < 4.78 is 34.1. The maximum atomic E-state index is 13.5. The molecule has 4 rings (SSSR count). The largest absolute Gasteiger partial charge is 0.444 e. The molecule has 2 atom stereocenters. The molecule has 3 heterocycles. The number of hydrogen-bond acceptors (Lipinski definition) is 5. The summed E-state index contributed by atoms with van der Waals surface area (Å²) >= 11 is 0. The molecule has 0 spiro atoms. The number of sulfonamides is 1. The average Bonchev–Trinajstić information content (AvgIpc) is 2.98. The first-order valence-corrected chi connectivity index (χ1v) is 11.9. The van der Waals surface area contributed by atoms with E-state index in [0.29, 0.717) is 36.5 Å². The van der Waals surface area contributed by atoms with E-state index in [1.165, 1.54) is 0 Å². The zero-order chi connectivity index (χ0) is 21.5. The molecular weight excluding hydrogens is 402 g/mol. The summed E-state index contributed by atoms with van der Waals surface area (Å²) in [6, 6.07) is 7.04. The first-order chi connectivity index (χ1) is 14.1. The van der Waals surface area contributed by atoms with E-state index in [0.717, 1.165) is 18.2 Å². The van der Waals surface area contributed by atoms with Crippen molar-refractivity contribution in [3.63, 3.8) is 0 Å². The molecule has 2 aliphatic heterocycles. The van der Waals surface area contributed by atoms with Gasteiger partial charge in [0, 0.05) is 49.3 Å². The smallest absolute Gasteiger partial charge is 0.410 e. The van der Waals surface area contributed by atoms with E-state index in [-0.39, 0.29) is 17.9 Å². The molecule has 162 valence electrons. The lowest BCUT2D eigenvalue weighted by Crippen LogP contribution is -2.40. The fraction of sp³-hybridized carbons (Fsp3) is 0.545. The summed E-state index contributed by atoms with van der Waals surface area (Å²) in [4.78, 5) is 18.7. The molecule has 0 bridgehead atoms. The number of amides is 1. The van der Waals surface area contributed by atoms with Gasteiger partial charge in [-0.3, -0.25) is 4.98 Å². The third kappa shape index (κ3) is 4.16. The van der Waals surface area contributed by atoms with Crippen molar-refractivity contribution in [3.05, 3.63) is 36.7 Å². The minimum atomic E-state index is -3.63. The predicted octanol–water partition coefficient (Wildman–Crippen LogP) is 3.50. The van der Waals surface area contributed by atoms with Gasteiger partial charge in [-0.05, 0) is 57.6 Å². The highest BCUT2D eigenvalue weighted by atomic mass is 32.2. The van der Waals surface area contributed by atoms with Crippen molar-refractivity contribution in [1.82, 2.24) is 14.2 Å². The Morgan fingerprint density at radius 3 is 2.67 bits per heavy atom. The average molecular weight is 432 g/mol. The number of pyridine rings is 1. The van der Waals surface area contributed by atoms with Gasteiger partial charge < -0.3 is 9.64 Å². The molecule has 1 aromatic heterocycles. The molecule has 0 aliphatic carbocycles. The number of ether oxygens (including phenoxy) is 1. The van der Waals surface area contributed by atoms with E-state index in [2.05, 4.69) is 4.98 Å². The van der Waals surface area contributed by atoms with Crippen molar-refractivity contribution in [2.75, 3.05) is 26.2 Å². The van der Waals surface area contributed by atoms with Gasteiger partial charge in [-0.15, -0.1) is 0 Å². The first-order valence-electron chi connectivity index (χ1n) is 10.5. The second kappa shape index (κ2) is 7.81. The minimum Gasteiger partial charge on any atom is -0.444 e. The summed E-state index contributed by atoms with van der Waals surface area (Å²) in [6.07, 6.45) is 4.75. The van der Waals surface area contributed by atoms with Crippen LogP contribution in [0.15, 0.2) is 41.6 Å². The first kappa shape index (κ1) is 21.1. The molecule has 30 heavy (non-hydrogen) atoms. The number of fused-ring (bicyclic) bond motifs is 2. The molecular formula is C22H29N3O4S. The monoisotopic (exact) mass is 431 g/mol. The number of hydrogen-bond donors (Lipinski definition) is 0. The van der Waals surface area contributed by atoms with Gasteiger partial charge in [0.05, 0.1) is 4.90 Å². The minimum absolute atomic E-state index is 0.117. The highest BCUT2D eigenvalue weighted by Crippen LogP contribution is 2.35. The topological polar surface area (TPSA) is 79.8 Å². The van der Waals surface area contributed by atoms with Crippen molar-refractivity contribution in [1.29, 1.82) is 0 Å². The van der Waals surface area contributed by atoms with Crippen LogP contribution in [0.3, 0.4) is 0 Å². The maximum absolute atomic E-state index is 13.5. The standard InChI is InChI=1S/C22H29N3O4S/c1-22(2,3)29-21(26)24-11-5-7-17-14-25(15-18(17)13-24)30(27,28)20-8-4-6-16-12-23-10-9-19(16)20/h4,6,8-10,12,17-18H,5,7,11,13-15H2,1-3H3. The summed E-state index contributed by atoms with van der Waals surface area (Å²) in [5, 5.41) is 1.50. The van der Waals surface area contributed by atoms with Gasteiger partial charge in [0.15, 0.2) is 0 Å². The molecule has 1 amide bonds. The summed E-state index contributed by atoms with van der Waals surface area (Å²) in [5.41, 5.74) is -0.545. The van der Waals surface area contributed by atoms with Gasteiger partial charge in [-0.2, -0.15) is 4.31 Å². The normalized spacial score (nSPS) is 23.2. The Kier molecular flexibility index (Phi) is 5.48. The lowest BCUT2D eigenvalue weighted by Gasteiger charge is -2.28. The molecule has 2 aromatic rings. The summed E-state index contributed by atoms with van der Waals surface area (Å²) in [7, 11) is -3.63. The van der Waals surface area contributed by atoms with Crippen molar-refractivity contribution in [2.45, 2.75) is 44.1 Å². The molecule has 8 heteroatoms. The van der Waals surface area contributed by atoms with Crippen LogP contribution < -0.4 is 0 Å². The number of rotatable bonds is 2. The van der Waals surface area contributed by atoms with Crippen LogP contribution in [0.5, 0.6) is 0 Å². The van der Waals surface area contributed by atoms with Crippen molar-refractivity contribution in [3.8, 4) is 0 Å². The number of benzene rings is 1. The third-order valence-corrected chi connectivity index (χ3v) is 7.80. The van der Waals surface area contributed by atoms with Crippen molar-refractivity contribution < 1.29 is 17.9 Å². The Balaban J connectivity index is 1.55. The van der Waals surface area contributed by atoms with Crippen LogP contribution in [0.25, 0.3) is 10.8 Å². The van der Waals surface area contributed by atoms with Crippen LogP contribution in [-0.2, 0) is 14.8 Å².